The molecule has 4 heteroatoms. The summed E-state index contributed by atoms with van der Waals surface area (Å²) in [7, 11) is 0. The van der Waals surface area contributed by atoms with Crippen molar-refractivity contribution in [1.29, 1.82) is 0 Å². The molecule has 2 heterocycles. The topological polar surface area (TPSA) is 30.7 Å². The minimum Gasteiger partial charge on any atom is -0.313 e. The second-order valence-electron chi connectivity index (χ2n) is 3.86. The zero-order valence-corrected chi connectivity index (χ0v) is 10.7. The molecule has 0 aromatic carbocycles. The highest BCUT2D eigenvalue weighted by Gasteiger charge is 2.09. The highest BCUT2D eigenvalue weighted by Crippen LogP contribution is 2.22. The van der Waals surface area contributed by atoms with Gasteiger partial charge in [-0.25, -0.2) is 9.97 Å². The number of pyridine rings is 1. The summed E-state index contributed by atoms with van der Waals surface area (Å²) in [5, 5.41) is 0. The maximum atomic E-state index is 4.63. The van der Waals surface area contributed by atoms with E-state index in [9.17, 15) is 0 Å². The summed E-state index contributed by atoms with van der Waals surface area (Å²) in [6, 6.07) is 2.44. The molecule has 0 fully saturated rings. The van der Waals surface area contributed by atoms with Gasteiger partial charge in [0, 0.05) is 10.5 Å². The Kier molecular flexibility index (Phi) is 2.78. The molecule has 0 spiro atoms. The second-order valence-corrected chi connectivity index (χ2v) is 4.71. The predicted octanol–water partition coefficient (Wildman–Crippen LogP) is 3.34. The normalized spacial score (nSPS) is 11.5. The van der Waals surface area contributed by atoms with Gasteiger partial charge in [-0.05, 0) is 42.3 Å². The Morgan fingerprint density at radius 2 is 2.20 bits per heavy atom. The van der Waals surface area contributed by atoms with E-state index >= 15 is 0 Å². The van der Waals surface area contributed by atoms with Crippen LogP contribution < -0.4 is 0 Å². The molecular weight excluding hydrogens is 254 g/mol. The summed E-state index contributed by atoms with van der Waals surface area (Å²) in [6.45, 7) is 6.38. The van der Waals surface area contributed by atoms with Crippen molar-refractivity contribution in [3.05, 3.63) is 22.6 Å². The first-order valence-electron chi connectivity index (χ1n) is 5.15. The molecule has 3 nitrogen and oxygen atoms in total. The third kappa shape index (κ3) is 1.78. The van der Waals surface area contributed by atoms with Crippen LogP contribution in [0.4, 0.5) is 0 Å². The third-order valence-electron chi connectivity index (χ3n) is 2.47. The largest absolute Gasteiger partial charge is 0.313 e. The van der Waals surface area contributed by atoms with E-state index < -0.39 is 0 Å². The van der Waals surface area contributed by atoms with E-state index in [0.717, 1.165) is 27.8 Å². The van der Waals surface area contributed by atoms with Crippen molar-refractivity contribution in [1.82, 2.24) is 14.5 Å². The first-order valence-corrected chi connectivity index (χ1v) is 5.94. The van der Waals surface area contributed by atoms with Crippen molar-refractivity contribution in [3.8, 4) is 0 Å². The molecule has 0 radical (unpaired) electrons. The number of rotatable bonds is 2. The standard InChI is InChI=1S/C11H14BrN3/c1-4-9-8(12)5-10-11(14-9)15(6-13-10)7(2)3/h5-7H,4H2,1-3H3. The molecule has 0 bridgehead atoms. The van der Waals surface area contributed by atoms with Crippen molar-refractivity contribution in [3.63, 3.8) is 0 Å². The van der Waals surface area contributed by atoms with Crippen LogP contribution in [0.25, 0.3) is 11.2 Å². The van der Waals surface area contributed by atoms with Gasteiger partial charge in [-0.1, -0.05) is 6.92 Å². The Labute approximate surface area is 97.7 Å². The van der Waals surface area contributed by atoms with E-state index in [-0.39, 0.29) is 0 Å². The summed E-state index contributed by atoms with van der Waals surface area (Å²) in [6.07, 6.45) is 2.79. The zero-order chi connectivity index (χ0) is 11.0. The molecule has 2 aromatic rings. The molecule has 80 valence electrons. The van der Waals surface area contributed by atoms with Crippen LogP contribution in [-0.4, -0.2) is 14.5 Å². The number of imidazole rings is 1. The first kappa shape index (κ1) is 10.6. The van der Waals surface area contributed by atoms with E-state index in [1.165, 1.54) is 0 Å². The van der Waals surface area contributed by atoms with Crippen molar-refractivity contribution < 1.29 is 0 Å². The molecule has 0 unspecified atom stereocenters. The minimum absolute atomic E-state index is 0.397. The number of nitrogens with zero attached hydrogens (tertiary/aromatic N) is 3. The molecule has 2 aromatic heterocycles. The maximum Gasteiger partial charge on any atom is 0.160 e. The monoisotopic (exact) mass is 267 g/mol. The van der Waals surface area contributed by atoms with Gasteiger partial charge < -0.3 is 4.57 Å². The van der Waals surface area contributed by atoms with Crippen LogP contribution in [0.3, 0.4) is 0 Å². The van der Waals surface area contributed by atoms with Gasteiger partial charge in [0.1, 0.15) is 5.52 Å². The van der Waals surface area contributed by atoms with Crippen molar-refractivity contribution in [2.45, 2.75) is 33.2 Å². The molecular formula is C11H14BrN3. The Hall–Kier alpha value is -0.900. The van der Waals surface area contributed by atoms with E-state index in [0.29, 0.717) is 6.04 Å². The van der Waals surface area contributed by atoms with E-state index in [2.05, 4.69) is 51.2 Å². The fraction of sp³-hybridized carbons (Fsp3) is 0.455. The molecule has 0 saturated heterocycles. The molecule has 0 saturated carbocycles. The third-order valence-corrected chi connectivity index (χ3v) is 3.15. The Balaban J connectivity index is 2.69. The van der Waals surface area contributed by atoms with Crippen LogP contribution >= 0.6 is 15.9 Å². The van der Waals surface area contributed by atoms with Crippen LogP contribution in [0.1, 0.15) is 32.5 Å². The molecule has 2 rings (SSSR count). The first-order chi connectivity index (χ1) is 7.13. The highest BCUT2D eigenvalue weighted by molar-refractivity contribution is 9.10. The molecule has 15 heavy (non-hydrogen) atoms. The van der Waals surface area contributed by atoms with Gasteiger partial charge in [-0.15, -0.1) is 0 Å². The van der Waals surface area contributed by atoms with Crippen LogP contribution in [0, 0.1) is 0 Å². The van der Waals surface area contributed by atoms with Gasteiger partial charge in [0.15, 0.2) is 5.65 Å². The molecule has 0 atom stereocenters. The Bertz CT molecular complexity index is 488. The van der Waals surface area contributed by atoms with Crippen molar-refractivity contribution in [2.24, 2.45) is 0 Å². The number of aryl methyl sites for hydroxylation is 1. The van der Waals surface area contributed by atoms with E-state index in [1.807, 2.05) is 12.4 Å². The number of fused-ring (bicyclic) bond motifs is 1. The van der Waals surface area contributed by atoms with Crippen LogP contribution in [0.15, 0.2) is 16.9 Å². The molecule has 0 amide bonds. The molecule has 0 aliphatic rings. The van der Waals surface area contributed by atoms with E-state index in [4.69, 9.17) is 0 Å². The fourth-order valence-corrected chi connectivity index (χ4v) is 2.18. The maximum absolute atomic E-state index is 4.63. The van der Waals surface area contributed by atoms with Crippen molar-refractivity contribution in [2.75, 3.05) is 0 Å². The lowest BCUT2D eigenvalue weighted by molar-refractivity contribution is 0.612. The molecule has 0 aliphatic carbocycles. The molecule has 0 N–H and O–H groups in total. The summed E-state index contributed by atoms with van der Waals surface area (Å²) in [5.74, 6) is 0. The van der Waals surface area contributed by atoms with Crippen molar-refractivity contribution >= 4 is 27.1 Å². The second kappa shape index (κ2) is 3.93. The van der Waals surface area contributed by atoms with Crippen LogP contribution in [-0.2, 0) is 6.42 Å². The van der Waals surface area contributed by atoms with Gasteiger partial charge in [0.05, 0.1) is 12.0 Å². The fourth-order valence-electron chi connectivity index (χ4n) is 1.60. The SMILES string of the molecule is CCc1nc2c(cc1Br)ncn2C(C)C. The average molecular weight is 268 g/mol. The number of hydrogen-bond acceptors (Lipinski definition) is 2. The van der Waals surface area contributed by atoms with Crippen LogP contribution in [0.5, 0.6) is 0 Å². The van der Waals surface area contributed by atoms with Gasteiger partial charge in [0.2, 0.25) is 0 Å². The predicted molar refractivity (Wildman–Crippen MR) is 65.0 cm³/mol. The average Bonchev–Trinajstić information content (AvgIpc) is 2.59. The lowest BCUT2D eigenvalue weighted by Crippen LogP contribution is -2.01. The van der Waals surface area contributed by atoms with Gasteiger partial charge in [0.25, 0.3) is 0 Å². The van der Waals surface area contributed by atoms with Gasteiger partial charge in [-0.3, -0.25) is 0 Å². The number of halogens is 1. The highest BCUT2D eigenvalue weighted by atomic mass is 79.9. The summed E-state index contributed by atoms with van der Waals surface area (Å²) in [5.41, 5.74) is 3.02. The zero-order valence-electron chi connectivity index (χ0n) is 9.16. The molecule has 0 aliphatic heterocycles. The lowest BCUT2D eigenvalue weighted by atomic mass is 10.3. The quantitative estimate of drug-likeness (QED) is 0.836. The minimum atomic E-state index is 0.397. The lowest BCUT2D eigenvalue weighted by Gasteiger charge is -2.08. The van der Waals surface area contributed by atoms with E-state index in [1.54, 1.807) is 0 Å². The summed E-state index contributed by atoms with van der Waals surface area (Å²) in [4.78, 5) is 8.97. The van der Waals surface area contributed by atoms with Gasteiger partial charge >= 0.3 is 0 Å². The number of aromatic nitrogens is 3. The Morgan fingerprint density at radius 3 is 2.80 bits per heavy atom. The Morgan fingerprint density at radius 1 is 1.47 bits per heavy atom. The smallest absolute Gasteiger partial charge is 0.160 e. The van der Waals surface area contributed by atoms with Gasteiger partial charge in [-0.2, -0.15) is 0 Å². The summed E-state index contributed by atoms with van der Waals surface area (Å²) < 4.78 is 3.15. The summed E-state index contributed by atoms with van der Waals surface area (Å²) >= 11 is 3.51. The van der Waals surface area contributed by atoms with Crippen LogP contribution in [0.2, 0.25) is 0 Å². The number of hydrogen-bond donors (Lipinski definition) is 0.